The van der Waals surface area contributed by atoms with E-state index in [1.54, 1.807) is 13.2 Å². The highest BCUT2D eigenvalue weighted by atomic mass is 79.9. The molecule has 0 spiro atoms. The number of benzene rings is 1. The van der Waals surface area contributed by atoms with Gasteiger partial charge < -0.3 is 15.2 Å². The van der Waals surface area contributed by atoms with E-state index in [0.717, 1.165) is 10.0 Å². The minimum atomic E-state index is -0.977. The van der Waals surface area contributed by atoms with E-state index in [4.69, 9.17) is 9.84 Å². The lowest BCUT2D eigenvalue weighted by Gasteiger charge is -2.15. The van der Waals surface area contributed by atoms with Crippen LogP contribution >= 0.6 is 15.9 Å². The second-order valence-corrected chi connectivity index (χ2v) is 4.93. The summed E-state index contributed by atoms with van der Waals surface area (Å²) < 4.78 is 5.93. The molecule has 0 saturated carbocycles. The zero-order chi connectivity index (χ0) is 14.4. The largest absolute Gasteiger partial charge is 0.496 e. The van der Waals surface area contributed by atoms with Crippen molar-refractivity contribution in [1.29, 1.82) is 0 Å². The minimum Gasteiger partial charge on any atom is -0.496 e. The van der Waals surface area contributed by atoms with Gasteiger partial charge in [-0.1, -0.05) is 6.07 Å². The number of hydrogen-bond acceptors (Lipinski definition) is 3. The van der Waals surface area contributed by atoms with Gasteiger partial charge in [-0.15, -0.1) is 0 Å². The molecule has 0 aliphatic rings. The molecule has 0 aliphatic heterocycles. The first-order valence-electron chi connectivity index (χ1n) is 5.78. The van der Waals surface area contributed by atoms with Crippen LogP contribution in [0.2, 0.25) is 0 Å². The van der Waals surface area contributed by atoms with Gasteiger partial charge in [-0.25, -0.2) is 0 Å². The van der Waals surface area contributed by atoms with Crippen molar-refractivity contribution in [3.8, 4) is 5.75 Å². The topological polar surface area (TPSA) is 75.6 Å². The smallest absolute Gasteiger partial charge is 0.303 e. The molecule has 2 N–H and O–H groups in total. The molecule has 0 heterocycles. The number of ether oxygens (including phenoxy) is 1. The van der Waals surface area contributed by atoms with Gasteiger partial charge >= 0.3 is 5.97 Å². The number of carboxylic acids is 1. The van der Waals surface area contributed by atoms with Gasteiger partial charge in [-0.2, -0.15) is 0 Å². The predicted octanol–water partition coefficient (Wildman–Crippen LogP) is 2.50. The summed E-state index contributed by atoms with van der Waals surface area (Å²) in [5, 5.41) is 11.3. The fourth-order valence-electron chi connectivity index (χ4n) is 1.57. The summed E-state index contributed by atoms with van der Waals surface area (Å²) in [6.07, 6.45) is -0.179. The number of hydrogen-bond donors (Lipinski definition) is 2. The third-order valence-electron chi connectivity index (χ3n) is 2.62. The van der Waals surface area contributed by atoms with Crippen molar-refractivity contribution in [2.24, 2.45) is 0 Å². The van der Waals surface area contributed by atoms with Crippen LogP contribution in [0.5, 0.6) is 5.75 Å². The summed E-state index contributed by atoms with van der Waals surface area (Å²) in [6, 6.07) is 5.33. The van der Waals surface area contributed by atoms with Gasteiger partial charge in [0.1, 0.15) is 5.75 Å². The maximum Gasteiger partial charge on any atom is 0.303 e. The Morgan fingerprint density at radius 2 is 2.11 bits per heavy atom. The first-order chi connectivity index (χ1) is 8.93. The molecule has 6 heteroatoms. The Labute approximate surface area is 120 Å². The van der Waals surface area contributed by atoms with Gasteiger partial charge in [0, 0.05) is 6.42 Å². The van der Waals surface area contributed by atoms with Crippen molar-refractivity contribution in [2.45, 2.75) is 25.8 Å². The van der Waals surface area contributed by atoms with Gasteiger partial charge in [0.2, 0.25) is 5.91 Å². The highest BCUT2D eigenvalue weighted by molar-refractivity contribution is 9.10. The lowest BCUT2D eigenvalue weighted by atomic mass is 10.1. The molecule has 0 radical (unpaired) electrons. The average molecular weight is 330 g/mol. The lowest BCUT2D eigenvalue weighted by Crippen LogP contribution is -2.26. The molecule has 0 aromatic heterocycles. The standard InChI is InChI=1S/C13H16BrNO4/c1-8(15-12(16)5-6-13(17)18)9-3-4-11(19-2)10(14)7-9/h3-4,7-8H,5-6H2,1-2H3,(H,15,16)(H,17,18). The van der Waals surface area contributed by atoms with E-state index in [-0.39, 0.29) is 24.8 Å². The molecule has 1 amide bonds. The number of amides is 1. The van der Waals surface area contributed by atoms with E-state index in [1.165, 1.54) is 0 Å². The molecule has 0 fully saturated rings. The van der Waals surface area contributed by atoms with E-state index in [0.29, 0.717) is 5.75 Å². The third kappa shape index (κ3) is 4.90. The Bertz CT molecular complexity index is 476. The lowest BCUT2D eigenvalue weighted by molar-refractivity contribution is -0.138. The normalized spacial score (nSPS) is 11.7. The second kappa shape index (κ2) is 7.13. The van der Waals surface area contributed by atoms with Crippen LogP contribution in [0.3, 0.4) is 0 Å². The number of nitrogens with one attached hydrogen (secondary N) is 1. The summed E-state index contributed by atoms with van der Waals surface area (Å²) >= 11 is 3.38. The molecule has 0 saturated heterocycles. The molecular formula is C13H16BrNO4. The molecule has 104 valence electrons. The van der Waals surface area contributed by atoms with Crippen molar-refractivity contribution in [3.63, 3.8) is 0 Å². The Hall–Kier alpha value is -1.56. The van der Waals surface area contributed by atoms with Gasteiger partial charge in [-0.05, 0) is 40.5 Å². The predicted molar refractivity (Wildman–Crippen MR) is 74.1 cm³/mol. The fourth-order valence-corrected chi connectivity index (χ4v) is 2.13. The number of carboxylic acid groups (broad SMARTS) is 1. The number of halogens is 1. The Balaban J connectivity index is 2.62. The molecule has 1 aromatic carbocycles. The Morgan fingerprint density at radius 3 is 2.63 bits per heavy atom. The Kier molecular flexibility index (Phi) is 5.82. The van der Waals surface area contributed by atoms with Crippen LogP contribution < -0.4 is 10.1 Å². The Morgan fingerprint density at radius 1 is 1.42 bits per heavy atom. The van der Waals surface area contributed by atoms with Crippen molar-refractivity contribution in [2.75, 3.05) is 7.11 Å². The first-order valence-corrected chi connectivity index (χ1v) is 6.58. The van der Waals surface area contributed by atoms with Crippen molar-refractivity contribution < 1.29 is 19.4 Å². The quantitative estimate of drug-likeness (QED) is 0.840. The zero-order valence-electron chi connectivity index (χ0n) is 10.8. The number of methoxy groups -OCH3 is 1. The van der Waals surface area contributed by atoms with E-state index in [1.807, 2.05) is 19.1 Å². The maximum absolute atomic E-state index is 11.5. The molecule has 1 aromatic rings. The highest BCUT2D eigenvalue weighted by Gasteiger charge is 2.12. The van der Waals surface area contributed by atoms with Crippen LogP contribution in [0, 0.1) is 0 Å². The van der Waals surface area contributed by atoms with Crippen LogP contribution in [0.1, 0.15) is 31.4 Å². The van der Waals surface area contributed by atoms with Crippen molar-refractivity contribution in [3.05, 3.63) is 28.2 Å². The summed E-state index contributed by atoms with van der Waals surface area (Å²) in [5.74, 6) is -0.537. The first kappa shape index (κ1) is 15.5. The number of carbonyl (C=O) groups is 2. The van der Waals surface area contributed by atoms with Gasteiger partial charge in [-0.3, -0.25) is 9.59 Å². The zero-order valence-corrected chi connectivity index (χ0v) is 12.4. The van der Waals surface area contributed by atoms with Crippen LogP contribution in [-0.2, 0) is 9.59 Å². The summed E-state index contributed by atoms with van der Waals surface area (Å²) in [6.45, 7) is 1.84. The maximum atomic E-state index is 11.5. The molecule has 5 nitrogen and oxygen atoms in total. The molecule has 0 bridgehead atoms. The third-order valence-corrected chi connectivity index (χ3v) is 3.24. The molecular weight excluding hydrogens is 314 g/mol. The van der Waals surface area contributed by atoms with Crippen molar-refractivity contribution >= 4 is 27.8 Å². The second-order valence-electron chi connectivity index (χ2n) is 4.08. The fraction of sp³-hybridized carbons (Fsp3) is 0.385. The molecule has 0 aliphatic carbocycles. The minimum absolute atomic E-state index is 0.0169. The highest BCUT2D eigenvalue weighted by Crippen LogP contribution is 2.27. The van der Waals surface area contributed by atoms with E-state index in [9.17, 15) is 9.59 Å². The molecule has 1 unspecified atom stereocenters. The van der Waals surface area contributed by atoms with Crippen molar-refractivity contribution in [1.82, 2.24) is 5.32 Å². The number of carbonyl (C=O) groups excluding carboxylic acids is 1. The number of aliphatic carboxylic acids is 1. The van der Waals surface area contributed by atoms with Crippen LogP contribution in [0.25, 0.3) is 0 Å². The van der Waals surface area contributed by atoms with Crippen LogP contribution in [0.15, 0.2) is 22.7 Å². The summed E-state index contributed by atoms with van der Waals surface area (Å²) in [7, 11) is 1.58. The molecule has 1 atom stereocenters. The SMILES string of the molecule is COc1ccc(C(C)NC(=O)CCC(=O)O)cc1Br. The van der Waals surface area contributed by atoms with Crippen LogP contribution in [-0.4, -0.2) is 24.1 Å². The monoisotopic (exact) mass is 329 g/mol. The summed E-state index contributed by atoms with van der Waals surface area (Å²) in [4.78, 5) is 21.9. The van der Waals surface area contributed by atoms with Gasteiger partial charge in [0.15, 0.2) is 0 Å². The van der Waals surface area contributed by atoms with E-state index >= 15 is 0 Å². The van der Waals surface area contributed by atoms with Crippen LogP contribution in [0.4, 0.5) is 0 Å². The molecule has 19 heavy (non-hydrogen) atoms. The average Bonchev–Trinajstić information content (AvgIpc) is 2.36. The number of rotatable bonds is 6. The van der Waals surface area contributed by atoms with E-state index < -0.39 is 5.97 Å². The van der Waals surface area contributed by atoms with E-state index in [2.05, 4.69) is 21.2 Å². The van der Waals surface area contributed by atoms with Gasteiger partial charge in [0.05, 0.1) is 24.0 Å². The van der Waals surface area contributed by atoms with Gasteiger partial charge in [0.25, 0.3) is 0 Å². The summed E-state index contributed by atoms with van der Waals surface area (Å²) in [5.41, 5.74) is 0.913. The molecule has 1 rings (SSSR count).